The smallest absolute Gasteiger partial charge is 0.416 e. The monoisotopic (exact) mass is 314 g/mol. The number of carbonyl (C=O) groups is 1. The summed E-state index contributed by atoms with van der Waals surface area (Å²) in [5.74, 6) is -1.51. The fraction of sp³-hybridized carbons (Fsp3) is 0.462. The maximum atomic E-state index is 12.6. The second-order valence-electron chi connectivity index (χ2n) is 4.65. The van der Waals surface area contributed by atoms with Crippen molar-refractivity contribution in [2.75, 3.05) is 6.61 Å². The van der Waals surface area contributed by atoms with Gasteiger partial charge in [0.2, 0.25) is 0 Å². The van der Waals surface area contributed by atoms with Gasteiger partial charge in [-0.3, -0.25) is 4.79 Å². The molecule has 0 heterocycles. The highest BCUT2D eigenvalue weighted by atomic mass is 19.4. The van der Waals surface area contributed by atoms with Crippen molar-refractivity contribution in [3.8, 4) is 5.75 Å². The van der Waals surface area contributed by atoms with Gasteiger partial charge >= 0.3 is 12.4 Å². The van der Waals surface area contributed by atoms with E-state index >= 15 is 0 Å². The van der Waals surface area contributed by atoms with Crippen LogP contribution < -0.4 is 4.74 Å². The summed E-state index contributed by atoms with van der Waals surface area (Å²) < 4.78 is 80.2. The number of hydrogen-bond donors (Lipinski definition) is 0. The Hall–Kier alpha value is -1.73. The highest BCUT2D eigenvalue weighted by Crippen LogP contribution is 2.38. The van der Waals surface area contributed by atoms with Gasteiger partial charge in [0.25, 0.3) is 0 Å². The van der Waals surface area contributed by atoms with E-state index in [4.69, 9.17) is 4.74 Å². The van der Waals surface area contributed by atoms with Crippen molar-refractivity contribution < 1.29 is 35.9 Å². The number of rotatable bonds is 4. The van der Waals surface area contributed by atoms with Gasteiger partial charge in [0.15, 0.2) is 5.78 Å². The summed E-state index contributed by atoms with van der Waals surface area (Å²) in [6.45, 7) is 2.49. The second-order valence-corrected chi connectivity index (χ2v) is 4.65. The van der Waals surface area contributed by atoms with Crippen LogP contribution in [0, 0.1) is 5.92 Å². The van der Waals surface area contributed by atoms with Crippen molar-refractivity contribution in [1.29, 1.82) is 0 Å². The molecule has 21 heavy (non-hydrogen) atoms. The van der Waals surface area contributed by atoms with E-state index in [-0.39, 0.29) is 6.07 Å². The van der Waals surface area contributed by atoms with E-state index in [1.54, 1.807) is 13.8 Å². The molecule has 0 amide bonds. The standard InChI is InChI=1S/C13H12F6O2/c1-7(2)11(20)6-21-10-4-8(12(14,15)16)3-9(5-10)13(17,18)19/h3-5,7H,6H2,1-2H3. The van der Waals surface area contributed by atoms with E-state index < -0.39 is 47.5 Å². The summed E-state index contributed by atoms with van der Waals surface area (Å²) in [7, 11) is 0. The molecule has 0 saturated heterocycles. The van der Waals surface area contributed by atoms with Crippen molar-refractivity contribution >= 4 is 5.78 Å². The molecular weight excluding hydrogens is 302 g/mol. The first kappa shape index (κ1) is 17.3. The van der Waals surface area contributed by atoms with Crippen LogP contribution in [0.3, 0.4) is 0 Å². The number of carbonyl (C=O) groups excluding carboxylic acids is 1. The van der Waals surface area contributed by atoms with Crippen LogP contribution in [0.2, 0.25) is 0 Å². The average molecular weight is 314 g/mol. The molecule has 1 aromatic rings. The number of ketones is 1. The molecule has 0 bridgehead atoms. The molecule has 0 radical (unpaired) electrons. The van der Waals surface area contributed by atoms with Crippen molar-refractivity contribution in [1.82, 2.24) is 0 Å². The van der Waals surface area contributed by atoms with E-state index in [0.29, 0.717) is 12.1 Å². The summed E-state index contributed by atoms with van der Waals surface area (Å²) in [5.41, 5.74) is -2.96. The van der Waals surface area contributed by atoms with Crippen molar-refractivity contribution in [3.63, 3.8) is 0 Å². The van der Waals surface area contributed by atoms with Crippen LogP contribution >= 0.6 is 0 Å². The average Bonchev–Trinajstić information content (AvgIpc) is 2.33. The van der Waals surface area contributed by atoms with Gasteiger partial charge in [0, 0.05) is 5.92 Å². The van der Waals surface area contributed by atoms with E-state index in [9.17, 15) is 31.1 Å². The van der Waals surface area contributed by atoms with Crippen LogP contribution in [-0.4, -0.2) is 12.4 Å². The summed E-state index contributed by atoms with van der Waals surface area (Å²) in [5, 5.41) is 0. The Morgan fingerprint density at radius 3 is 1.76 bits per heavy atom. The van der Waals surface area contributed by atoms with Crippen LogP contribution in [0.1, 0.15) is 25.0 Å². The zero-order valence-corrected chi connectivity index (χ0v) is 11.1. The SMILES string of the molecule is CC(C)C(=O)COc1cc(C(F)(F)F)cc(C(F)(F)F)c1. The number of Topliss-reactive ketones (excluding diaryl/α,β-unsaturated/α-hetero) is 1. The second kappa shape index (κ2) is 5.95. The van der Waals surface area contributed by atoms with Gasteiger partial charge in [-0.1, -0.05) is 13.8 Å². The Morgan fingerprint density at radius 1 is 1.00 bits per heavy atom. The van der Waals surface area contributed by atoms with E-state index in [0.717, 1.165) is 0 Å². The van der Waals surface area contributed by atoms with Gasteiger partial charge in [0.1, 0.15) is 12.4 Å². The lowest BCUT2D eigenvalue weighted by atomic mass is 10.1. The van der Waals surface area contributed by atoms with Gasteiger partial charge in [-0.05, 0) is 18.2 Å². The number of alkyl halides is 6. The van der Waals surface area contributed by atoms with Crippen LogP contribution in [0.25, 0.3) is 0 Å². The van der Waals surface area contributed by atoms with Crippen molar-refractivity contribution in [3.05, 3.63) is 29.3 Å². The Morgan fingerprint density at radius 2 is 1.43 bits per heavy atom. The van der Waals surface area contributed by atoms with Gasteiger partial charge in [-0.2, -0.15) is 26.3 Å². The van der Waals surface area contributed by atoms with E-state index in [2.05, 4.69) is 0 Å². The van der Waals surface area contributed by atoms with Crippen LogP contribution in [0.15, 0.2) is 18.2 Å². The lowest BCUT2D eigenvalue weighted by molar-refractivity contribution is -0.143. The third-order valence-corrected chi connectivity index (χ3v) is 2.59. The highest BCUT2D eigenvalue weighted by Gasteiger charge is 2.37. The van der Waals surface area contributed by atoms with Crippen LogP contribution in [0.5, 0.6) is 5.75 Å². The normalized spacial score (nSPS) is 12.6. The first-order chi connectivity index (χ1) is 9.41. The zero-order chi connectivity index (χ0) is 16.4. The molecule has 8 heteroatoms. The predicted octanol–water partition coefficient (Wildman–Crippen LogP) is 4.33. The minimum atomic E-state index is -4.94. The van der Waals surface area contributed by atoms with Crippen LogP contribution in [0.4, 0.5) is 26.3 Å². The zero-order valence-electron chi connectivity index (χ0n) is 11.1. The maximum absolute atomic E-state index is 12.6. The quantitative estimate of drug-likeness (QED) is 0.773. The molecule has 2 nitrogen and oxygen atoms in total. The Bertz CT molecular complexity index is 484. The summed E-state index contributed by atoms with van der Waals surface area (Å²) >= 11 is 0. The molecule has 0 atom stereocenters. The number of hydrogen-bond acceptors (Lipinski definition) is 2. The predicted molar refractivity (Wildman–Crippen MR) is 61.8 cm³/mol. The lowest BCUT2D eigenvalue weighted by Gasteiger charge is -2.15. The molecule has 0 N–H and O–H groups in total. The topological polar surface area (TPSA) is 26.3 Å². The van der Waals surface area contributed by atoms with Gasteiger partial charge in [0.05, 0.1) is 11.1 Å². The molecule has 0 fully saturated rings. The third kappa shape index (κ3) is 4.95. The van der Waals surface area contributed by atoms with Gasteiger partial charge < -0.3 is 4.74 Å². The molecule has 0 aliphatic carbocycles. The largest absolute Gasteiger partial charge is 0.486 e. The van der Waals surface area contributed by atoms with Gasteiger partial charge in [-0.15, -0.1) is 0 Å². The van der Waals surface area contributed by atoms with Crippen LogP contribution in [-0.2, 0) is 17.1 Å². The fourth-order valence-electron chi connectivity index (χ4n) is 1.33. The summed E-state index contributed by atoms with van der Waals surface area (Å²) in [6.07, 6.45) is -9.89. The molecule has 0 aliphatic heterocycles. The number of benzene rings is 1. The Balaban J connectivity index is 3.11. The summed E-state index contributed by atoms with van der Waals surface area (Å²) in [4.78, 5) is 11.3. The Labute approximate surface area is 116 Å². The molecular formula is C13H12F6O2. The molecule has 0 saturated carbocycles. The Kier molecular flexibility index (Phi) is 4.91. The number of ether oxygens (including phenoxy) is 1. The first-order valence-corrected chi connectivity index (χ1v) is 5.86. The molecule has 1 rings (SSSR count). The minimum Gasteiger partial charge on any atom is -0.486 e. The maximum Gasteiger partial charge on any atom is 0.416 e. The molecule has 0 unspecified atom stereocenters. The molecule has 0 aromatic heterocycles. The fourth-order valence-corrected chi connectivity index (χ4v) is 1.33. The third-order valence-electron chi connectivity index (χ3n) is 2.59. The van der Waals surface area contributed by atoms with E-state index in [1.807, 2.05) is 0 Å². The number of halogens is 6. The van der Waals surface area contributed by atoms with Gasteiger partial charge in [-0.25, -0.2) is 0 Å². The van der Waals surface area contributed by atoms with Crippen molar-refractivity contribution in [2.45, 2.75) is 26.2 Å². The summed E-state index contributed by atoms with van der Waals surface area (Å²) in [6, 6.07) is 0.864. The molecule has 1 aromatic carbocycles. The van der Waals surface area contributed by atoms with E-state index in [1.165, 1.54) is 0 Å². The van der Waals surface area contributed by atoms with Crippen molar-refractivity contribution in [2.24, 2.45) is 5.92 Å². The molecule has 0 spiro atoms. The highest BCUT2D eigenvalue weighted by molar-refractivity contribution is 5.81. The molecule has 118 valence electrons. The molecule has 0 aliphatic rings. The first-order valence-electron chi connectivity index (χ1n) is 5.86. The minimum absolute atomic E-state index is 0.00285. The lowest BCUT2D eigenvalue weighted by Crippen LogP contribution is -2.18.